The van der Waals surface area contributed by atoms with Crippen LogP contribution in [0.2, 0.25) is 13.1 Å². The summed E-state index contributed by atoms with van der Waals surface area (Å²) in [6, 6.07) is 44.4. The fourth-order valence-corrected chi connectivity index (χ4v) is 9.93. The van der Waals surface area contributed by atoms with Crippen molar-refractivity contribution in [2.45, 2.75) is 13.1 Å². The molecular formula is C39H27N3OSi. The first-order valence-electron chi connectivity index (χ1n) is 15.0. The highest BCUT2D eigenvalue weighted by molar-refractivity contribution is 7.04. The average Bonchev–Trinajstić information content (AvgIpc) is 3.56. The zero-order chi connectivity index (χ0) is 29.4. The molecule has 0 saturated carbocycles. The van der Waals surface area contributed by atoms with Gasteiger partial charge in [0.05, 0.1) is 0 Å². The van der Waals surface area contributed by atoms with Crippen LogP contribution in [0.4, 0.5) is 0 Å². The highest BCUT2D eigenvalue weighted by atomic mass is 28.3. The maximum atomic E-state index is 6.80. The number of nitrogens with zero attached hydrogens (tertiary/aromatic N) is 3. The highest BCUT2D eigenvalue weighted by Crippen LogP contribution is 2.44. The van der Waals surface area contributed by atoms with Crippen molar-refractivity contribution in [3.05, 3.63) is 127 Å². The quantitative estimate of drug-likeness (QED) is 0.196. The van der Waals surface area contributed by atoms with Crippen LogP contribution in [0.15, 0.2) is 132 Å². The number of aromatic nitrogens is 3. The van der Waals surface area contributed by atoms with E-state index < -0.39 is 8.07 Å². The molecule has 0 spiro atoms. The van der Waals surface area contributed by atoms with Crippen LogP contribution in [0.25, 0.3) is 78.0 Å². The summed E-state index contributed by atoms with van der Waals surface area (Å²) in [6.07, 6.45) is 0. The van der Waals surface area contributed by atoms with Crippen molar-refractivity contribution in [3.8, 4) is 45.3 Å². The van der Waals surface area contributed by atoms with Crippen molar-refractivity contribution in [2.24, 2.45) is 0 Å². The van der Waals surface area contributed by atoms with Crippen LogP contribution in [-0.2, 0) is 0 Å². The van der Waals surface area contributed by atoms with E-state index in [-0.39, 0.29) is 0 Å². The third-order valence-electron chi connectivity index (χ3n) is 9.09. The number of rotatable bonds is 3. The topological polar surface area (TPSA) is 51.8 Å². The van der Waals surface area contributed by atoms with Crippen LogP contribution in [-0.4, -0.2) is 23.0 Å². The summed E-state index contributed by atoms with van der Waals surface area (Å²) < 4.78 is 6.80. The fourth-order valence-electron chi connectivity index (χ4n) is 6.87. The van der Waals surface area contributed by atoms with E-state index >= 15 is 0 Å². The zero-order valence-electron chi connectivity index (χ0n) is 24.4. The summed E-state index contributed by atoms with van der Waals surface area (Å²) in [4.78, 5) is 15.3. The standard InChI is InChI=1S/C39H27N3OSi/c1-44(2)32-22-27-18-10-9-17-26(27)21-29(32)35-33(44)23-30(34-28-19-11-12-20-31(28)43-36(34)35)39-41-37(24-13-5-3-6-14-24)40-38(42-39)25-15-7-4-8-16-25/h3-23H,1-2H3. The third-order valence-corrected chi connectivity index (χ3v) is 12.6. The van der Waals surface area contributed by atoms with Gasteiger partial charge in [0.25, 0.3) is 0 Å². The van der Waals surface area contributed by atoms with Crippen molar-refractivity contribution in [1.82, 2.24) is 15.0 Å². The second-order valence-electron chi connectivity index (χ2n) is 12.1. The summed E-state index contributed by atoms with van der Waals surface area (Å²) >= 11 is 0. The molecule has 44 heavy (non-hydrogen) atoms. The Morgan fingerprint density at radius 1 is 0.523 bits per heavy atom. The molecule has 0 atom stereocenters. The maximum absolute atomic E-state index is 6.80. The van der Waals surface area contributed by atoms with Crippen molar-refractivity contribution < 1.29 is 4.42 Å². The average molecular weight is 582 g/mol. The van der Waals surface area contributed by atoms with Gasteiger partial charge in [-0.05, 0) is 44.9 Å². The number of hydrogen-bond donors (Lipinski definition) is 0. The number of fused-ring (bicyclic) bond motifs is 8. The molecular weight excluding hydrogens is 555 g/mol. The Morgan fingerprint density at radius 3 is 1.77 bits per heavy atom. The van der Waals surface area contributed by atoms with Crippen LogP contribution in [0.1, 0.15) is 0 Å². The molecule has 2 aromatic heterocycles. The molecule has 0 amide bonds. The molecule has 0 bridgehead atoms. The van der Waals surface area contributed by atoms with E-state index in [4.69, 9.17) is 19.4 Å². The van der Waals surface area contributed by atoms with Gasteiger partial charge in [-0.15, -0.1) is 0 Å². The van der Waals surface area contributed by atoms with Gasteiger partial charge in [-0.25, -0.2) is 15.0 Å². The van der Waals surface area contributed by atoms with E-state index in [0.717, 1.165) is 38.6 Å². The molecule has 208 valence electrons. The molecule has 1 aliphatic heterocycles. The molecule has 0 N–H and O–H groups in total. The highest BCUT2D eigenvalue weighted by Gasteiger charge is 2.41. The van der Waals surface area contributed by atoms with Crippen LogP contribution in [0.3, 0.4) is 0 Å². The van der Waals surface area contributed by atoms with Gasteiger partial charge in [-0.3, -0.25) is 0 Å². The number of benzene rings is 6. The van der Waals surface area contributed by atoms with Gasteiger partial charge in [0, 0.05) is 33.0 Å². The Balaban J connectivity index is 1.40. The van der Waals surface area contributed by atoms with Crippen LogP contribution in [0, 0.1) is 0 Å². The van der Waals surface area contributed by atoms with E-state index in [1.807, 2.05) is 42.5 Å². The number of furan rings is 1. The predicted molar refractivity (Wildman–Crippen MR) is 183 cm³/mol. The first-order chi connectivity index (χ1) is 21.6. The van der Waals surface area contributed by atoms with Gasteiger partial charge < -0.3 is 4.42 Å². The zero-order valence-corrected chi connectivity index (χ0v) is 25.4. The number of hydrogen-bond acceptors (Lipinski definition) is 4. The Morgan fingerprint density at radius 2 is 1.09 bits per heavy atom. The van der Waals surface area contributed by atoms with Crippen molar-refractivity contribution in [3.63, 3.8) is 0 Å². The molecule has 0 unspecified atom stereocenters. The Labute approximate surface area is 255 Å². The Bertz CT molecular complexity index is 2360. The minimum Gasteiger partial charge on any atom is -0.455 e. The molecule has 0 fully saturated rings. The Kier molecular flexibility index (Phi) is 5.31. The summed E-state index contributed by atoms with van der Waals surface area (Å²) in [7, 11) is -2.12. The van der Waals surface area contributed by atoms with Crippen LogP contribution in [0.5, 0.6) is 0 Å². The van der Waals surface area contributed by atoms with Crippen molar-refractivity contribution in [1.29, 1.82) is 0 Å². The first-order valence-corrected chi connectivity index (χ1v) is 18.0. The normalized spacial score (nSPS) is 13.4. The smallest absolute Gasteiger partial charge is 0.164 e. The fraction of sp³-hybridized carbons (Fsp3) is 0.0513. The van der Waals surface area contributed by atoms with Gasteiger partial charge in [-0.1, -0.05) is 122 Å². The molecule has 9 rings (SSSR count). The second-order valence-corrected chi connectivity index (χ2v) is 16.4. The summed E-state index contributed by atoms with van der Waals surface area (Å²) in [5.41, 5.74) is 7.18. The minimum absolute atomic E-state index is 0.655. The van der Waals surface area contributed by atoms with Gasteiger partial charge in [0.15, 0.2) is 17.5 Å². The predicted octanol–water partition coefficient (Wildman–Crippen LogP) is 8.73. The summed E-state index contributed by atoms with van der Waals surface area (Å²) in [5, 5.41) is 7.43. The lowest BCUT2D eigenvalue weighted by molar-refractivity contribution is 0.670. The summed E-state index contributed by atoms with van der Waals surface area (Å²) in [6.45, 7) is 4.89. The lowest BCUT2D eigenvalue weighted by atomic mass is 9.96. The maximum Gasteiger partial charge on any atom is 0.164 e. The number of para-hydroxylation sites is 1. The van der Waals surface area contributed by atoms with Crippen molar-refractivity contribution >= 4 is 51.2 Å². The largest absolute Gasteiger partial charge is 0.455 e. The molecule has 8 aromatic rings. The monoisotopic (exact) mass is 581 g/mol. The molecule has 5 heteroatoms. The summed E-state index contributed by atoms with van der Waals surface area (Å²) in [5.74, 6) is 1.96. The lowest BCUT2D eigenvalue weighted by Gasteiger charge is -2.20. The minimum atomic E-state index is -2.12. The van der Waals surface area contributed by atoms with E-state index in [0.29, 0.717) is 17.5 Å². The van der Waals surface area contributed by atoms with E-state index in [9.17, 15) is 0 Å². The third kappa shape index (κ3) is 3.66. The molecule has 0 aliphatic carbocycles. The van der Waals surface area contributed by atoms with Gasteiger partial charge in [0.2, 0.25) is 0 Å². The van der Waals surface area contributed by atoms with Gasteiger partial charge in [0.1, 0.15) is 19.2 Å². The van der Waals surface area contributed by atoms with E-state index in [2.05, 4.69) is 98.0 Å². The molecule has 6 aromatic carbocycles. The van der Waals surface area contributed by atoms with Crippen LogP contribution < -0.4 is 10.4 Å². The van der Waals surface area contributed by atoms with Gasteiger partial charge in [-0.2, -0.15) is 0 Å². The van der Waals surface area contributed by atoms with Crippen LogP contribution >= 0.6 is 0 Å². The SMILES string of the molecule is C[Si]1(C)c2cc3ccccc3cc2-c2c1cc(-c1nc(-c3ccccc3)nc(-c3ccccc3)n1)c1c2oc2ccccc21. The first kappa shape index (κ1) is 25.1. The Hall–Kier alpha value is -5.39. The molecule has 0 saturated heterocycles. The molecule has 4 nitrogen and oxygen atoms in total. The molecule has 3 heterocycles. The molecule has 0 radical (unpaired) electrons. The second kappa shape index (κ2) is 9.30. The van der Waals surface area contributed by atoms with Crippen molar-refractivity contribution in [2.75, 3.05) is 0 Å². The van der Waals surface area contributed by atoms with E-state index in [1.165, 1.54) is 32.3 Å². The lowest BCUT2D eigenvalue weighted by Crippen LogP contribution is -2.49. The molecule has 1 aliphatic rings. The van der Waals surface area contributed by atoms with Gasteiger partial charge >= 0.3 is 0 Å². The van der Waals surface area contributed by atoms with E-state index in [1.54, 1.807) is 0 Å².